The summed E-state index contributed by atoms with van der Waals surface area (Å²) in [5.41, 5.74) is 10.6. The minimum Gasteiger partial charge on any atom is -0.397 e. The van der Waals surface area contributed by atoms with Crippen molar-refractivity contribution in [2.75, 3.05) is 16.8 Å². The Morgan fingerprint density at radius 1 is 0.978 bits per heavy atom. The van der Waals surface area contributed by atoms with Crippen molar-refractivity contribution in [1.82, 2.24) is 25.5 Å². The molecule has 5 N–H and O–H groups in total. The summed E-state index contributed by atoms with van der Waals surface area (Å²) >= 11 is 1.53. The van der Waals surface area contributed by atoms with Crippen molar-refractivity contribution in [3.8, 4) is 0 Å². The fraction of sp³-hybridized carbons (Fsp3) is 0.344. The van der Waals surface area contributed by atoms with E-state index in [2.05, 4.69) is 26.2 Å². The number of ether oxygens (including phenoxy) is 2. The van der Waals surface area contributed by atoms with Gasteiger partial charge in [-0.05, 0) is 45.7 Å². The fourth-order valence-corrected chi connectivity index (χ4v) is 5.72. The summed E-state index contributed by atoms with van der Waals surface area (Å²) in [6, 6.07) is 22.6. The van der Waals surface area contributed by atoms with Gasteiger partial charge in [-0.1, -0.05) is 72.4 Å². The van der Waals surface area contributed by atoms with Crippen molar-refractivity contribution < 1.29 is 24.2 Å². The number of para-hydroxylation sites is 2. The summed E-state index contributed by atoms with van der Waals surface area (Å²) in [4.78, 5) is 24.6. The molecular weight excluding hydrogens is 594 g/mol. The minimum absolute atomic E-state index is 0.0167. The van der Waals surface area contributed by atoms with Gasteiger partial charge in [-0.25, -0.2) is 4.68 Å². The van der Waals surface area contributed by atoms with E-state index in [1.165, 1.54) is 11.8 Å². The maximum Gasteiger partial charge on any atom is 0.224 e. The van der Waals surface area contributed by atoms with Gasteiger partial charge in [0.1, 0.15) is 0 Å². The molecule has 0 aliphatic carbocycles. The summed E-state index contributed by atoms with van der Waals surface area (Å²) in [7, 11) is 1.80. The highest BCUT2D eigenvalue weighted by Crippen LogP contribution is 2.39. The van der Waals surface area contributed by atoms with Crippen LogP contribution in [0.4, 0.5) is 11.4 Å². The van der Waals surface area contributed by atoms with Gasteiger partial charge in [0.15, 0.2) is 6.29 Å². The molecule has 3 unspecified atom stereocenters. The lowest BCUT2D eigenvalue weighted by Gasteiger charge is -2.36. The monoisotopic (exact) mass is 631 g/mol. The van der Waals surface area contributed by atoms with Crippen molar-refractivity contribution in [2.45, 2.75) is 62.5 Å². The summed E-state index contributed by atoms with van der Waals surface area (Å²) in [6.45, 7) is 0.347. The third kappa shape index (κ3) is 9.11. The van der Waals surface area contributed by atoms with E-state index in [0.29, 0.717) is 41.7 Å². The first-order chi connectivity index (χ1) is 21.9. The largest absolute Gasteiger partial charge is 0.397 e. The Balaban J connectivity index is 1.13. The number of anilines is 2. The Hall–Kier alpha value is -4.30. The third-order valence-corrected chi connectivity index (χ3v) is 8.52. The first-order valence-corrected chi connectivity index (χ1v) is 15.7. The number of hydrogen-bond acceptors (Lipinski definition) is 10. The number of nitrogen functional groups attached to an aromatic ring is 1. The molecule has 5 rings (SSSR count). The number of tetrazole rings is 1. The van der Waals surface area contributed by atoms with Gasteiger partial charge < -0.3 is 30.9 Å². The molecule has 1 aliphatic heterocycles. The average molecular weight is 632 g/mol. The molecule has 12 nitrogen and oxygen atoms in total. The van der Waals surface area contributed by atoms with E-state index in [-0.39, 0.29) is 43.5 Å². The van der Waals surface area contributed by atoms with Gasteiger partial charge in [-0.15, -0.1) is 5.10 Å². The summed E-state index contributed by atoms with van der Waals surface area (Å²) in [5, 5.41) is 27.5. The van der Waals surface area contributed by atoms with Crippen molar-refractivity contribution in [3.63, 3.8) is 0 Å². The molecule has 2 amide bonds. The molecule has 3 atom stereocenters. The zero-order valence-corrected chi connectivity index (χ0v) is 25.8. The topological polar surface area (TPSA) is 167 Å². The number of nitrogens with two attached hydrogens (primary N) is 1. The first kappa shape index (κ1) is 32.1. The second-order valence-electron chi connectivity index (χ2n) is 10.8. The van der Waals surface area contributed by atoms with Crippen LogP contribution >= 0.6 is 11.8 Å². The van der Waals surface area contributed by atoms with E-state index < -0.39 is 6.29 Å². The van der Waals surface area contributed by atoms with Gasteiger partial charge in [0.25, 0.3) is 0 Å². The zero-order valence-electron chi connectivity index (χ0n) is 25.0. The summed E-state index contributed by atoms with van der Waals surface area (Å²) in [6.07, 6.45) is 0.620. The number of aliphatic hydroxyl groups excluding tert-OH is 1. The molecule has 236 valence electrons. The molecule has 2 heterocycles. The molecule has 1 aliphatic rings. The molecule has 4 aromatic rings. The number of nitrogens with zero attached hydrogens (tertiary/aromatic N) is 4. The van der Waals surface area contributed by atoms with Crippen molar-refractivity contribution in [3.05, 3.63) is 95.1 Å². The Morgan fingerprint density at radius 2 is 1.69 bits per heavy atom. The highest BCUT2D eigenvalue weighted by atomic mass is 32.2. The van der Waals surface area contributed by atoms with E-state index >= 15 is 0 Å². The van der Waals surface area contributed by atoms with E-state index in [9.17, 15) is 14.7 Å². The Bertz CT molecular complexity index is 1560. The SMILES string of the molecule is Cn1nnnc1SCC1CC(c2ccc(CO)cc2)OC(c2ccc(CNC(=O)CCCC(=O)Nc3ccccc3N)cc2)O1. The lowest BCUT2D eigenvalue weighted by Crippen LogP contribution is -2.31. The highest BCUT2D eigenvalue weighted by molar-refractivity contribution is 7.99. The maximum absolute atomic E-state index is 12.4. The number of amides is 2. The van der Waals surface area contributed by atoms with Crippen molar-refractivity contribution in [1.29, 1.82) is 0 Å². The number of aryl methyl sites for hydroxylation is 1. The van der Waals surface area contributed by atoms with Gasteiger partial charge in [-0.2, -0.15) is 0 Å². The number of benzene rings is 3. The van der Waals surface area contributed by atoms with Crippen LogP contribution in [0.25, 0.3) is 0 Å². The van der Waals surface area contributed by atoms with Gasteiger partial charge in [-0.3, -0.25) is 9.59 Å². The molecule has 0 bridgehead atoms. The number of hydrogen-bond donors (Lipinski definition) is 4. The van der Waals surface area contributed by atoms with Crippen LogP contribution in [0, 0.1) is 0 Å². The van der Waals surface area contributed by atoms with Crippen LogP contribution in [-0.2, 0) is 39.3 Å². The zero-order chi connectivity index (χ0) is 31.6. The van der Waals surface area contributed by atoms with Gasteiger partial charge >= 0.3 is 0 Å². The van der Waals surface area contributed by atoms with Crippen molar-refractivity contribution in [2.24, 2.45) is 7.05 Å². The van der Waals surface area contributed by atoms with E-state index in [1.807, 2.05) is 48.5 Å². The smallest absolute Gasteiger partial charge is 0.224 e. The van der Waals surface area contributed by atoms with Gasteiger partial charge in [0.2, 0.25) is 17.0 Å². The van der Waals surface area contributed by atoms with Crippen molar-refractivity contribution >= 4 is 35.0 Å². The first-order valence-electron chi connectivity index (χ1n) is 14.7. The molecule has 45 heavy (non-hydrogen) atoms. The average Bonchev–Trinajstić information content (AvgIpc) is 3.48. The number of aromatic nitrogens is 4. The van der Waals surface area contributed by atoms with Gasteiger partial charge in [0, 0.05) is 44.2 Å². The molecular formula is C32H37N7O5S. The van der Waals surface area contributed by atoms with E-state index in [1.54, 1.807) is 36.0 Å². The van der Waals surface area contributed by atoms with E-state index in [0.717, 1.165) is 22.3 Å². The number of thioether (sulfide) groups is 1. The predicted molar refractivity (Wildman–Crippen MR) is 170 cm³/mol. The highest BCUT2D eigenvalue weighted by Gasteiger charge is 2.32. The molecule has 1 saturated heterocycles. The number of nitrogens with one attached hydrogen (secondary N) is 2. The van der Waals surface area contributed by atoms with Crippen LogP contribution in [0.2, 0.25) is 0 Å². The lowest BCUT2D eigenvalue weighted by molar-refractivity contribution is -0.245. The minimum atomic E-state index is -0.592. The second-order valence-corrected chi connectivity index (χ2v) is 11.7. The molecule has 3 aromatic carbocycles. The van der Waals surface area contributed by atoms with Crippen LogP contribution in [0.3, 0.4) is 0 Å². The van der Waals surface area contributed by atoms with Crippen LogP contribution in [-0.4, -0.2) is 49.0 Å². The van der Waals surface area contributed by atoms with E-state index in [4.69, 9.17) is 15.2 Å². The Labute approximate surface area is 265 Å². The molecule has 0 spiro atoms. The molecule has 1 fully saturated rings. The quantitative estimate of drug-likeness (QED) is 0.125. The number of carbonyl (C=O) groups excluding carboxylic acids is 2. The maximum atomic E-state index is 12.4. The van der Waals surface area contributed by atoms with Crippen LogP contribution < -0.4 is 16.4 Å². The molecule has 1 aromatic heterocycles. The van der Waals surface area contributed by atoms with Crippen LogP contribution in [0.5, 0.6) is 0 Å². The fourth-order valence-electron chi connectivity index (χ4n) is 4.85. The standard InChI is InChI=1S/C32H37N7O5S/c1-39-32(36-37-38-39)45-20-25-17-28(23-13-11-22(19-40)12-14-23)44-31(43-25)24-15-9-21(10-16-24)18-34-29(41)7-4-8-30(42)35-27-6-3-2-5-26(27)33/h2-3,5-6,9-16,25,28,31,40H,4,7-8,17-20,33H2,1H3,(H,34,41)(H,35,42). The molecule has 0 radical (unpaired) electrons. The predicted octanol–water partition coefficient (Wildman–Crippen LogP) is 4.05. The number of rotatable bonds is 13. The lowest BCUT2D eigenvalue weighted by atomic mass is 10.0. The van der Waals surface area contributed by atoms with Crippen LogP contribution in [0.1, 0.15) is 60.3 Å². The molecule has 0 saturated carbocycles. The Morgan fingerprint density at radius 3 is 2.40 bits per heavy atom. The number of carbonyl (C=O) groups is 2. The second kappa shape index (κ2) is 15.6. The Kier molecular flexibility index (Phi) is 11.1. The third-order valence-electron chi connectivity index (χ3n) is 7.38. The normalized spacial score (nSPS) is 18.0. The summed E-state index contributed by atoms with van der Waals surface area (Å²) < 4.78 is 14.4. The van der Waals surface area contributed by atoms with Crippen LogP contribution in [0.15, 0.2) is 78.0 Å². The number of aliphatic hydroxyl groups is 1. The molecule has 13 heteroatoms. The van der Waals surface area contributed by atoms with Gasteiger partial charge in [0.05, 0.1) is 30.2 Å². The summed E-state index contributed by atoms with van der Waals surface area (Å²) in [5.74, 6) is 0.337.